The third kappa shape index (κ3) is 4.56. The fourth-order valence-corrected chi connectivity index (χ4v) is 6.32. The number of rotatable bonds is 4. The highest BCUT2D eigenvalue weighted by atomic mass is 35.5. The minimum Gasteiger partial charge on any atom is -0.484 e. The predicted octanol–water partition coefficient (Wildman–Crippen LogP) is 3.04. The number of amides is 2. The Bertz CT molecular complexity index is 809. The highest BCUT2D eigenvalue weighted by Crippen LogP contribution is 2.39. The lowest BCUT2D eigenvalue weighted by Gasteiger charge is -2.54. The average Bonchev–Trinajstić information content (AvgIpc) is 2.79. The van der Waals surface area contributed by atoms with Crippen LogP contribution in [0.1, 0.15) is 38.5 Å². The Labute approximate surface area is 189 Å². The summed E-state index contributed by atoms with van der Waals surface area (Å²) in [5, 5.41) is 0.658. The van der Waals surface area contributed by atoms with Crippen LogP contribution in [0.4, 0.5) is 0 Å². The van der Waals surface area contributed by atoms with Gasteiger partial charge in [-0.3, -0.25) is 14.5 Å². The zero-order valence-electron chi connectivity index (χ0n) is 18.0. The number of nitrogens with zero attached hydrogens (tertiary/aromatic N) is 3. The van der Waals surface area contributed by atoms with Crippen LogP contribution in [-0.2, 0) is 9.59 Å². The first-order valence-electron chi connectivity index (χ1n) is 11.8. The Morgan fingerprint density at radius 1 is 1.06 bits per heavy atom. The van der Waals surface area contributed by atoms with Crippen molar-refractivity contribution >= 4 is 23.4 Å². The van der Waals surface area contributed by atoms with E-state index in [1.165, 1.54) is 12.8 Å². The first-order valence-corrected chi connectivity index (χ1v) is 12.1. The molecule has 6 nitrogen and oxygen atoms in total. The van der Waals surface area contributed by atoms with E-state index < -0.39 is 0 Å². The number of fused-ring (bicyclic) bond motifs is 4. The third-order valence-electron chi connectivity index (χ3n) is 7.72. The summed E-state index contributed by atoms with van der Waals surface area (Å²) < 4.78 is 5.64. The van der Waals surface area contributed by atoms with E-state index in [9.17, 15) is 9.59 Å². The largest absolute Gasteiger partial charge is 0.484 e. The van der Waals surface area contributed by atoms with Gasteiger partial charge in [-0.1, -0.05) is 11.6 Å². The smallest absolute Gasteiger partial charge is 0.260 e. The van der Waals surface area contributed by atoms with Crippen molar-refractivity contribution in [2.75, 3.05) is 39.3 Å². The normalized spacial score (nSPS) is 29.6. The van der Waals surface area contributed by atoms with Crippen molar-refractivity contribution in [2.45, 2.75) is 50.6 Å². The molecule has 4 saturated heterocycles. The molecule has 31 heavy (non-hydrogen) atoms. The number of carbonyl (C=O) groups is 2. The van der Waals surface area contributed by atoms with Crippen LogP contribution in [0.5, 0.6) is 5.75 Å². The van der Waals surface area contributed by atoms with Gasteiger partial charge < -0.3 is 14.5 Å². The molecule has 1 aromatic rings. The van der Waals surface area contributed by atoms with E-state index in [4.69, 9.17) is 16.3 Å². The lowest BCUT2D eigenvalue weighted by atomic mass is 9.75. The summed E-state index contributed by atoms with van der Waals surface area (Å²) in [5.41, 5.74) is 0. The molecule has 0 radical (unpaired) electrons. The second-order valence-electron chi connectivity index (χ2n) is 9.68. The minimum absolute atomic E-state index is 0.0558. The van der Waals surface area contributed by atoms with Crippen LogP contribution in [0.2, 0.25) is 5.02 Å². The molecule has 7 heteroatoms. The third-order valence-corrected chi connectivity index (χ3v) is 7.97. The molecule has 4 fully saturated rings. The maximum absolute atomic E-state index is 12.6. The number of ether oxygens (including phenoxy) is 1. The summed E-state index contributed by atoms with van der Waals surface area (Å²) in [6.07, 6.45) is 6.31. The number of carbonyl (C=O) groups excluding carboxylic acids is 2. The molecule has 0 aromatic heterocycles. The zero-order valence-corrected chi connectivity index (χ0v) is 18.8. The summed E-state index contributed by atoms with van der Waals surface area (Å²) >= 11 is 5.89. The topological polar surface area (TPSA) is 53.1 Å². The maximum Gasteiger partial charge on any atom is 0.260 e. The van der Waals surface area contributed by atoms with Gasteiger partial charge in [0, 0.05) is 56.3 Å². The van der Waals surface area contributed by atoms with Crippen LogP contribution in [0.3, 0.4) is 0 Å². The van der Waals surface area contributed by atoms with Crippen molar-refractivity contribution in [3.8, 4) is 5.75 Å². The van der Waals surface area contributed by atoms with E-state index in [2.05, 4.69) is 9.80 Å². The molecule has 2 bridgehead atoms. The number of piperidine rings is 4. The van der Waals surface area contributed by atoms with Gasteiger partial charge in [0.1, 0.15) is 5.75 Å². The van der Waals surface area contributed by atoms with Crippen LogP contribution < -0.4 is 4.74 Å². The first-order chi connectivity index (χ1) is 15.1. The molecule has 168 valence electrons. The number of hydrogen-bond acceptors (Lipinski definition) is 4. The van der Waals surface area contributed by atoms with Gasteiger partial charge >= 0.3 is 0 Å². The first kappa shape index (κ1) is 21.1. The van der Waals surface area contributed by atoms with Crippen LogP contribution in [0.25, 0.3) is 0 Å². The average molecular weight is 446 g/mol. The van der Waals surface area contributed by atoms with Crippen molar-refractivity contribution in [1.29, 1.82) is 0 Å². The lowest BCUT2D eigenvalue weighted by Crippen LogP contribution is -2.62. The van der Waals surface area contributed by atoms with Gasteiger partial charge in [0.15, 0.2) is 6.61 Å². The van der Waals surface area contributed by atoms with Crippen molar-refractivity contribution in [3.63, 3.8) is 0 Å². The Kier molecular flexibility index (Phi) is 6.11. The van der Waals surface area contributed by atoms with Crippen molar-refractivity contribution in [3.05, 3.63) is 29.3 Å². The molecule has 0 N–H and O–H groups in total. The highest BCUT2D eigenvalue weighted by Gasteiger charge is 2.45. The number of likely N-dealkylation sites (tertiary alicyclic amines) is 2. The fourth-order valence-electron chi connectivity index (χ4n) is 6.19. The molecular weight excluding hydrogens is 414 g/mol. The Hall–Kier alpha value is -1.79. The fraction of sp³-hybridized carbons (Fsp3) is 0.667. The monoisotopic (exact) mass is 445 g/mol. The van der Waals surface area contributed by atoms with Gasteiger partial charge in [-0.15, -0.1) is 0 Å². The molecule has 5 rings (SSSR count). The number of benzene rings is 1. The number of halogens is 1. The molecule has 0 aliphatic carbocycles. The second-order valence-corrected chi connectivity index (χ2v) is 10.1. The van der Waals surface area contributed by atoms with Crippen LogP contribution in [-0.4, -0.2) is 77.9 Å². The molecule has 1 aromatic carbocycles. The number of hydrogen-bond donors (Lipinski definition) is 0. The summed E-state index contributed by atoms with van der Waals surface area (Å²) in [5.74, 6) is 2.35. The van der Waals surface area contributed by atoms with Gasteiger partial charge in [0.2, 0.25) is 5.91 Å². The Morgan fingerprint density at radius 3 is 2.61 bits per heavy atom. The molecule has 0 spiro atoms. The van der Waals surface area contributed by atoms with Gasteiger partial charge in [-0.25, -0.2) is 0 Å². The van der Waals surface area contributed by atoms with Crippen LogP contribution in [0, 0.1) is 11.8 Å². The molecule has 0 saturated carbocycles. The van der Waals surface area contributed by atoms with E-state index in [1.807, 2.05) is 4.90 Å². The Balaban J connectivity index is 1.11. The summed E-state index contributed by atoms with van der Waals surface area (Å²) in [6, 6.07) is 8.13. The van der Waals surface area contributed by atoms with E-state index in [0.717, 1.165) is 58.4 Å². The molecule has 4 aliphatic rings. The van der Waals surface area contributed by atoms with E-state index >= 15 is 0 Å². The summed E-state index contributed by atoms with van der Waals surface area (Å²) in [4.78, 5) is 31.8. The molecular formula is C24H32ClN3O3. The molecule has 4 heterocycles. The summed E-state index contributed by atoms with van der Waals surface area (Å²) in [6.45, 7) is 4.84. The highest BCUT2D eigenvalue weighted by molar-refractivity contribution is 6.30. The van der Waals surface area contributed by atoms with Crippen LogP contribution >= 0.6 is 11.6 Å². The minimum atomic E-state index is 0.0558. The SMILES string of the molecule is O=C(COc1ccc(Cl)cc1)N1CCC(N2C[C@H]3C[C@H](C2)[C@H]2CCCC(=O)N2C3)CC1. The van der Waals surface area contributed by atoms with Crippen molar-refractivity contribution in [1.82, 2.24) is 14.7 Å². The van der Waals surface area contributed by atoms with Gasteiger partial charge in [-0.05, 0) is 68.2 Å². The Morgan fingerprint density at radius 2 is 1.84 bits per heavy atom. The molecule has 4 aliphatic heterocycles. The predicted molar refractivity (Wildman–Crippen MR) is 119 cm³/mol. The van der Waals surface area contributed by atoms with Gasteiger partial charge in [-0.2, -0.15) is 0 Å². The lowest BCUT2D eigenvalue weighted by molar-refractivity contribution is -0.146. The van der Waals surface area contributed by atoms with Crippen molar-refractivity contribution < 1.29 is 14.3 Å². The molecule has 3 atom stereocenters. The van der Waals surface area contributed by atoms with Gasteiger partial charge in [0.25, 0.3) is 5.91 Å². The van der Waals surface area contributed by atoms with Crippen LogP contribution in [0.15, 0.2) is 24.3 Å². The molecule has 0 unspecified atom stereocenters. The zero-order chi connectivity index (χ0) is 21.4. The van der Waals surface area contributed by atoms with Gasteiger partial charge in [0.05, 0.1) is 0 Å². The van der Waals surface area contributed by atoms with E-state index in [1.54, 1.807) is 24.3 Å². The second kappa shape index (κ2) is 8.99. The van der Waals surface area contributed by atoms with Crippen molar-refractivity contribution in [2.24, 2.45) is 11.8 Å². The van der Waals surface area contributed by atoms with E-state index in [0.29, 0.717) is 40.6 Å². The molecule has 2 amide bonds. The summed E-state index contributed by atoms with van der Waals surface area (Å²) in [7, 11) is 0. The maximum atomic E-state index is 12.6. The standard InChI is InChI=1S/C24H32ClN3O3/c25-19-4-6-21(7-5-19)31-16-24(30)26-10-8-20(9-11-26)27-13-17-12-18(15-27)22-2-1-3-23(29)28(22)14-17/h4-7,17-18,20,22H,1-3,8-16H2/t17-,18-,22-/m1/s1. The quantitative estimate of drug-likeness (QED) is 0.714. The van der Waals surface area contributed by atoms with E-state index in [-0.39, 0.29) is 12.5 Å².